The van der Waals surface area contributed by atoms with Gasteiger partial charge in [-0.2, -0.15) is 0 Å². The lowest BCUT2D eigenvalue weighted by Gasteiger charge is -2.12. The number of amides is 1. The quantitative estimate of drug-likeness (QED) is 0.709. The minimum Gasteiger partial charge on any atom is -0.356 e. The molecule has 0 saturated heterocycles. The average molecular weight is 375 g/mol. The van der Waals surface area contributed by atoms with E-state index >= 15 is 0 Å². The molecule has 0 aliphatic carbocycles. The number of carbonyl (C=O) groups excluding carboxylic acids is 1. The van der Waals surface area contributed by atoms with Crippen molar-refractivity contribution >= 4 is 15.9 Å². The number of hydrogen-bond acceptors (Lipinski definition) is 3. The number of rotatable bonds is 9. The maximum Gasteiger partial charge on any atom is 0.240 e. The smallest absolute Gasteiger partial charge is 0.240 e. The Balaban J connectivity index is 1.73. The van der Waals surface area contributed by atoms with Crippen molar-refractivity contribution in [2.45, 2.75) is 37.0 Å². The minimum atomic E-state index is -3.42. The Morgan fingerprint density at radius 3 is 2.31 bits per heavy atom. The zero-order chi connectivity index (χ0) is 19.0. The molecule has 0 aromatic heterocycles. The molecule has 0 fully saturated rings. The van der Waals surface area contributed by atoms with Crippen LogP contribution in [-0.4, -0.2) is 27.9 Å². The average Bonchev–Trinajstić information content (AvgIpc) is 2.67. The van der Waals surface area contributed by atoms with Crippen molar-refractivity contribution < 1.29 is 13.2 Å². The van der Waals surface area contributed by atoms with Gasteiger partial charge in [0.25, 0.3) is 0 Å². The standard InChI is InChI=1S/C20H26N2O3S/c1-16(18-6-4-3-5-7-18)14-15-22-20(23)13-10-17-8-11-19(12-9-17)26(24,25)21-2/h3-9,11-12,16,21H,10,13-15H2,1-2H3,(H,22,23). The molecule has 0 spiro atoms. The van der Waals surface area contributed by atoms with Crippen LogP contribution < -0.4 is 10.0 Å². The highest BCUT2D eigenvalue weighted by Gasteiger charge is 2.11. The predicted molar refractivity (Wildman–Crippen MR) is 103 cm³/mol. The second-order valence-electron chi connectivity index (χ2n) is 6.30. The van der Waals surface area contributed by atoms with E-state index in [1.807, 2.05) is 18.2 Å². The third-order valence-corrected chi connectivity index (χ3v) is 5.84. The normalized spacial score (nSPS) is 12.5. The predicted octanol–water partition coefficient (Wildman–Crippen LogP) is 2.84. The SMILES string of the molecule is CNS(=O)(=O)c1ccc(CCC(=O)NCCC(C)c2ccccc2)cc1. The largest absolute Gasteiger partial charge is 0.356 e. The highest BCUT2D eigenvalue weighted by molar-refractivity contribution is 7.89. The molecule has 0 heterocycles. The van der Waals surface area contributed by atoms with Gasteiger partial charge in [-0.25, -0.2) is 13.1 Å². The summed E-state index contributed by atoms with van der Waals surface area (Å²) in [5.74, 6) is 0.412. The summed E-state index contributed by atoms with van der Waals surface area (Å²) in [4.78, 5) is 12.2. The van der Waals surface area contributed by atoms with Crippen LogP contribution in [0, 0.1) is 0 Å². The first-order valence-electron chi connectivity index (χ1n) is 8.76. The van der Waals surface area contributed by atoms with Crippen LogP contribution in [0.3, 0.4) is 0 Å². The molecule has 0 aliphatic heterocycles. The van der Waals surface area contributed by atoms with Gasteiger partial charge in [-0.3, -0.25) is 4.79 Å². The van der Waals surface area contributed by atoms with Crippen molar-refractivity contribution in [1.82, 2.24) is 10.0 Å². The van der Waals surface area contributed by atoms with Crippen LogP contribution in [0.1, 0.15) is 36.8 Å². The lowest BCUT2D eigenvalue weighted by molar-refractivity contribution is -0.121. The molecule has 0 bridgehead atoms. The van der Waals surface area contributed by atoms with Gasteiger partial charge in [0.05, 0.1) is 4.90 Å². The molecule has 2 rings (SSSR count). The zero-order valence-electron chi connectivity index (χ0n) is 15.2. The van der Waals surface area contributed by atoms with Crippen LogP contribution in [0.4, 0.5) is 0 Å². The third-order valence-electron chi connectivity index (χ3n) is 4.41. The summed E-state index contributed by atoms with van der Waals surface area (Å²) in [6.45, 7) is 2.80. The van der Waals surface area contributed by atoms with Gasteiger partial charge in [-0.15, -0.1) is 0 Å². The fourth-order valence-electron chi connectivity index (χ4n) is 2.68. The monoisotopic (exact) mass is 374 g/mol. The lowest BCUT2D eigenvalue weighted by atomic mass is 9.98. The minimum absolute atomic E-state index is 0.0113. The Morgan fingerprint density at radius 2 is 1.69 bits per heavy atom. The summed E-state index contributed by atoms with van der Waals surface area (Å²) >= 11 is 0. The first kappa shape index (κ1) is 20.1. The molecule has 26 heavy (non-hydrogen) atoms. The van der Waals surface area contributed by atoms with E-state index in [2.05, 4.69) is 29.1 Å². The molecule has 0 aliphatic rings. The topological polar surface area (TPSA) is 75.3 Å². The lowest BCUT2D eigenvalue weighted by Crippen LogP contribution is -2.25. The second kappa shape index (κ2) is 9.50. The summed E-state index contributed by atoms with van der Waals surface area (Å²) < 4.78 is 25.6. The summed E-state index contributed by atoms with van der Waals surface area (Å²) in [6, 6.07) is 16.9. The number of nitrogens with one attached hydrogen (secondary N) is 2. The Labute approximate surface area is 155 Å². The first-order valence-corrected chi connectivity index (χ1v) is 10.2. The van der Waals surface area contributed by atoms with Gasteiger partial charge >= 0.3 is 0 Å². The van der Waals surface area contributed by atoms with E-state index in [9.17, 15) is 13.2 Å². The first-order chi connectivity index (χ1) is 12.4. The molecule has 1 atom stereocenters. The molecule has 2 N–H and O–H groups in total. The van der Waals surface area contributed by atoms with Gasteiger partial charge in [0.2, 0.25) is 15.9 Å². The summed E-state index contributed by atoms with van der Waals surface area (Å²) in [7, 11) is -2.04. The molecule has 2 aromatic carbocycles. The maximum atomic E-state index is 12.0. The van der Waals surface area contributed by atoms with E-state index in [-0.39, 0.29) is 10.8 Å². The van der Waals surface area contributed by atoms with Crippen LogP contribution in [0.2, 0.25) is 0 Å². The number of aryl methyl sites for hydroxylation is 1. The summed E-state index contributed by atoms with van der Waals surface area (Å²) in [5, 5.41) is 2.95. The molecule has 6 heteroatoms. The molecule has 1 unspecified atom stereocenters. The number of sulfonamides is 1. The van der Waals surface area contributed by atoms with Crippen LogP contribution >= 0.6 is 0 Å². The van der Waals surface area contributed by atoms with Crippen LogP contribution in [0.5, 0.6) is 0 Å². The van der Waals surface area contributed by atoms with E-state index in [4.69, 9.17) is 0 Å². The van der Waals surface area contributed by atoms with Gasteiger partial charge in [0.1, 0.15) is 0 Å². The molecular formula is C20H26N2O3S. The van der Waals surface area contributed by atoms with E-state index in [1.165, 1.54) is 12.6 Å². The molecule has 0 radical (unpaired) electrons. The van der Waals surface area contributed by atoms with Gasteiger partial charge in [-0.1, -0.05) is 49.4 Å². The van der Waals surface area contributed by atoms with Gasteiger partial charge in [0.15, 0.2) is 0 Å². The van der Waals surface area contributed by atoms with Gasteiger partial charge in [-0.05, 0) is 49.1 Å². The summed E-state index contributed by atoms with van der Waals surface area (Å²) in [6.07, 6.45) is 1.87. The van der Waals surface area contributed by atoms with E-state index < -0.39 is 10.0 Å². The van der Waals surface area contributed by atoms with Crippen molar-refractivity contribution in [2.24, 2.45) is 0 Å². The molecule has 0 saturated carbocycles. The Morgan fingerprint density at radius 1 is 1.04 bits per heavy atom. The van der Waals surface area contributed by atoms with Crippen molar-refractivity contribution in [1.29, 1.82) is 0 Å². The number of hydrogen-bond donors (Lipinski definition) is 2. The summed E-state index contributed by atoms with van der Waals surface area (Å²) in [5.41, 5.74) is 2.21. The second-order valence-corrected chi connectivity index (χ2v) is 8.19. The van der Waals surface area contributed by atoms with E-state index in [0.29, 0.717) is 25.3 Å². The fraction of sp³-hybridized carbons (Fsp3) is 0.350. The molecule has 2 aromatic rings. The van der Waals surface area contributed by atoms with Crippen molar-refractivity contribution in [2.75, 3.05) is 13.6 Å². The zero-order valence-corrected chi connectivity index (χ0v) is 16.1. The Bertz CT molecular complexity index is 803. The van der Waals surface area contributed by atoms with Crippen LogP contribution in [0.15, 0.2) is 59.5 Å². The third kappa shape index (κ3) is 5.97. The fourth-order valence-corrected chi connectivity index (χ4v) is 3.41. The Hall–Kier alpha value is -2.18. The van der Waals surface area contributed by atoms with E-state index in [1.54, 1.807) is 24.3 Å². The van der Waals surface area contributed by atoms with Gasteiger partial charge in [0, 0.05) is 13.0 Å². The Kier molecular flexibility index (Phi) is 7.36. The maximum absolute atomic E-state index is 12.0. The van der Waals surface area contributed by atoms with E-state index in [0.717, 1.165) is 12.0 Å². The molecule has 1 amide bonds. The van der Waals surface area contributed by atoms with Gasteiger partial charge < -0.3 is 5.32 Å². The highest BCUT2D eigenvalue weighted by atomic mass is 32.2. The molecular weight excluding hydrogens is 348 g/mol. The highest BCUT2D eigenvalue weighted by Crippen LogP contribution is 2.17. The van der Waals surface area contributed by atoms with Crippen molar-refractivity contribution in [3.63, 3.8) is 0 Å². The molecule has 140 valence electrons. The van der Waals surface area contributed by atoms with Crippen LogP contribution in [-0.2, 0) is 21.2 Å². The number of benzene rings is 2. The van der Waals surface area contributed by atoms with Crippen molar-refractivity contribution in [3.8, 4) is 0 Å². The number of carbonyl (C=O) groups is 1. The van der Waals surface area contributed by atoms with Crippen molar-refractivity contribution in [3.05, 3.63) is 65.7 Å². The van der Waals surface area contributed by atoms with Crippen LogP contribution in [0.25, 0.3) is 0 Å². The molecule has 5 nitrogen and oxygen atoms in total.